The second-order valence-corrected chi connectivity index (χ2v) is 6.53. The predicted octanol–water partition coefficient (Wildman–Crippen LogP) is 2.45. The Kier molecular flexibility index (Phi) is 6.33. The normalized spacial score (nSPS) is 16.7. The molecule has 1 saturated heterocycles. The number of nitrogens with zero attached hydrogens (tertiary/aromatic N) is 1. The molecule has 3 N–H and O–H groups in total. The van der Waals surface area contributed by atoms with Gasteiger partial charge in [0.2, 0.25) is 0 Å². The molecule has 0 bridgehead atoms. The van der Waals surface area contributed by atoms with Crippen molar-refractivity contribution < 1.29 is 9.59 Å². The first-order valence-electron chi connectivity index (χ1n) is 9.03. The molecule has 1 aromatic heterocycles. The summed E-state index contributed by atoms with van der Waals surface area (Å²) in [5.41, 5.74) is 1.60. The molecule has 0 spiro atoms. The van der Waals surface area contributed by atoms with Crippen LogP contribution in [0, 0.1) is 5.92 Å². The van der Waals surface area contributed by atoms with Gasteiger partial charge in [-0.1, -0.05) is 6.07 Å². The van der Waals surface area contributed by atoms with E-state index in [1.165, 1.54) is 19.0 Å². The Hall–Kier alpha value is -2.73. The average molecular weight is 352 g/mol. The number of pyridine rings is 1. The lowest BCUT2D eigenvalue weighted by Crippen LogP contribution is -2.33. The molecule has 2 heterocycles. The van der Waals surface area contributed by atoms with Crippen molar-refractivity contribution in [2.45, 2.75) is 19.3 Å². The van der Waals surface area contributed by atoms with Gasteiger partial charge in [-0.15, -0.1) is 0 Å². The third-order valence-electron chi connectivity index (χ3n) is 4.54. The number of aromatic nitrogens is 1. The topological polar surface area (TPSA) is 83.1 Å². The molecule has 0 saturated carbocycles. The Bertz CT molecular complexity index is 742. The first-order chi connectivity index (χ1) is 12.7. The van der Waals surface area contributed by atoms with Crippen LogP contribution in [-0.4, -0.2) is 36.4 Å². The Morgan fingerprint density at radius 1 is 1.15 bits per heavy atom. The van der Waals surface area contributed by atoms with Crippen LogP contribution < -0.4 is 16.0 Å². The van der Waals surface area contributed by atoms with Crippen LogP contribution in [-0.2, 0) is 0 Å². The molecule has 2 aromatic rings. The van der Waals surface area contributed by atoms with Crippen LogP contribution in [0.4, 0.5) is 5.69 Å². The molecule has 1 aromatic carbocycles. The van der Waals surface area contributed by atoms with Crippen molar-refractivity contribution in [1.82, 2.24) is 15.6 Å². The van der Waals surface area contributed by atoms with Crippen LogP contribution in [0.1, 0.15) is 40.0 Å². The number of carbonyl (C=O) groups is 2. The summed E-state index contributed by atoms with van der Waals surface area (Å²) in [6.07, 6.45) is 6.53. The second kappa shape index (κ2) is 9.10. The smallest absolute Gasteiger partial charge is 0.257 e. The Morgan fingerprint density at radius 3 is 2.81 bits per heavy atom. The average Bonchev–Trinajstić information content (AvgIpc) is 2.69. The molecule has 0 aliphatic carbocycles. The summed E-state index contributed by atoms with van der Waals surface area (Å²) >= 11 is 0. The number of rotatable bonds is 6. The first-order valence-corrected chi connectivity index (χ1v) is 9.03. The number of amides is 2. The number of anilines is 1. The van der Waals surface area contributed by atoms with E-state index in [-0.39, 0.29) is 11.8 Å². The van der Waals surface area contributed by atoms with Gasteiger partial charge in [0.25, 0.3) is 11.8 Å². The quantitative estimate of drug-likeness (QED) is 0.746. The van der Waals surface area contributed by atoms with Crippen LogP contribution in [0.3, 0.4) is 0 Å². The fourth-order valence-corrected chi connectivity index (χ4v) is 3.10. The highest BCUT2D eigenvalue weighted by molar-refractivity contribution is 6.04. The highest BCUT2D eigenvalue weighted by Gasteiger charge is 2.14. The minimum atomic E-state index is -0.250. The molecule has 1 aliphatic heterocycles. The molecule has 6 nitrogen and oxygen atoms in total. The Balaban J connectivity index is 1.52. The summed E-state index contributed by atoms with van der Waals surface area (Å²) in [5, 5.41) is 9.15. The third-order valence-corrected chi connectivity index (χ3v) is 4.54. The fraction of sp³-hybridized carbons (Fsp3) is 0.350. The van der Waals surface area contributed by atoms with E-state index in [2.05, 4.69) is 20.9 Å². The molecule has 1 aliphatic rings. The van der Waals surface area contributed by atoms with E-state index in [4.69, 9.17) is 0 Å². The van der Waals surface area contributed by atoms with Gasteiger partial charge in [-0.2, -0.15) is 0 Å². The highest BCUT2D eigenvalue weighted by Crippen LogP contribution is 2.14. The van der Waals surface area contributed by atoms with Crippen molar-refractivity contribution in [1.29, 1.82) is 0 Å². The van der Waals surface area contributed by atoms with E-state index in [0.29, 0.717) is 29.3 Å². The number of benzene rings is 1. The zero-order valence-electron chi connectivity index (χ0n) is 14.7. The van der Waals surface area contributed by atoms with Crippen molar-refractivity contribution in [3.05, 3.63) is 59.9 Å². The molecule has 136 valence electrons. The van der Waals surface area contributed by atoms with E-state index in [1.54, 1.807) is 42.6 Å². The van der Waals surface area contributed by atoms with Crippen LogP contribution in [0.2, 0.25) is 0 Å². The third kappa shape index (κ3) is 5.13. The van der Waals surface area contributed by atoms with Crippen molar-refractivity contribution >= 4 is 17.5 Å². The van der Waals surface area contributed by atoms with Crippen molar-refractivity contribution in [3.63, 3.8) is 0 Å². The minimum Gasteiger partial charge on any atom is -0.352 e. The van der Waals surface area contributed by atoms with Gasteiger partial charge in [-0.3, -0.25) is 14.6 Å². The SMILES string of the molecule is O=C(NCCC1CCCNC1)c1cccc(NC(=O)c2cccnc2)c1. The van der Waals surface area contributed by atoms with Crippen molar-refractivity contribution in [2.24, 2.45) is 5.92 Å². The standard InChI is InChI=1S/C20H24N4O2/c25-19(23-11-8-15-4-2-9-21-13-15)16-5-1-7-18(12-16)24-20(26)17-6-3-10-22-14-17/h1,3,5-7,10,12,14-15,21H,2,4,8-9,11,13H2,(H,23,25)(H,24,26). The highest BCUT2D eigenvalue weighted by atomic mass is 16.2. The molecule has 1 fully saturated rings. The van der Waals surface area contributed by atoms with Gasteiger partial charge >= 0.3 is 0 Å². The summed E-state index contributed by atoms with van der Waals surface area (Å²) in [6, 6.07) is 10.4. The number of carbonyl (C=O) groups excluding carboxylic acids is 2. The number of nitrogens with one attached hydrogen (secondary N) is 3. The van der Waals surface area contributed by atoms with Gasteiger partial charge in [-0.25, -0.2) is 0 Å². The summed E-state index contributed by atoms with van der Waals surface area (Å²) in [5.74, 6) is 0.265. The summed E-state index contributed by atoms with van der Waals surface area (Å²) in [7, 11) is 0. The van der Waals surface area contributed by atoms with E-state index in [1.807, 2.05) is 0 Å². The van der Waals surface area contributed by atoms with Gasteiger partial charge < -0.3 is 16.0 Å². The number of hydrogen-bond donors (Lipinski definition) is 3. The maximum atomic E-state index is 12.3. The maximum absolute atomic E-state index is 12.3. The molecule has 1 unspecified atom stereocenters. The zero-order valence-corrected chi connectivity index (χ0v) is 14.7. The van der Waals surface area contributed by atoms with Gasteiger partial charge in [0.15, 0.2) is 0 Å². The molecular weight excluding hydrogens is 328 g/mol. The lowest BCUT2D eigenvalue weighted by molar-refractivity contribution is 0.0949. The van der Waals surface area contributed by atoms with Crippen molar-refractivity contribution in [2.75, 3.05) is 25.0 Å². The van der Waals surface area contributed by atoms with Crippen molar-refractivity contribution in [3.8, 4) is 0 Å². The summed E-state index contributed by atoms with van der Waals surface area (Å²) < 4.78 is 0. The maximum Gasteiger partial charge on any atom is 0.257 e. The Labute approximate surface area is 153 Å². The van der Waals surface area contributed by atoms with E-state index >= 15 is 0 Å². The molecule has 3 rings (SSSR count). The molecule has 1 atom stereocenters. The molecule has 0 radical (unpaired) electrons. The van der Waals surface area contributed by atoms with Crippen LogP contribution in [0.25, 0.3) is 0 Å². The van der Waals surface area contributed by atoms with Crippen LogP contribution in [0.15, 0.2) is 48.8 Å². The summed E-state index contributed by atoms with van der Waals surface area (Å²) in [4.78, 5) is 28.5. The van der Waals surface area contributed by atoms with Crippen LogP contribution in [0.5, 0.6) is 0 Å². The van der Waals surface area contributed by atoms with E-state index < -0.39 is 0 Å². The van der Waals surface area contributed by atoms with E-state index in [0.717, 1.165) is 19.5 Å². The second-order valence-electron chi connectivity index (χ2n) is 6.53. The summed E-state index contributed by atoms with van der Waals surface area (Å²) in [6.45, 7) is 2.80. The van der Waals surface area contributed by atoms with E-state index in [9.17, 15) is 9.59 Å². The predicted molar refractivity (Wildman–Crippen MR) is 101 cm³/mol. The molecule has 6 heteroatoms. The largest absolute Gasteiger partial charge is 0.352 e. The van der Waals surface area contributed by atoms with Gasteiger partial charge in [0, 0.05) is 30.2 Å². The lowest BCUT2D eigenvalue weighted by atomic mass is 9.96. The first kappa shape index (κ1) is 18.1. The minimum absolute atomic E-state index is 0.119. The monoisotopic (exact) mass is 352 g/mol. The van der Waals surface area contributed by atoms with Gasteiger partial charge in [0.1, 0.15) is 0 Å². The number of hydrogen-bond acceptors (Lipinski definition) is 4. The zero-order chi connectivity index (χ0) is 18.2. The molecule has 26 heavy (non-hydrogen) atoms. The van der Waals surface area contributed by atoms with Crippen LogP contribution >= 0.6 is 0 Å². The molecular formula is C20H24N4O2. The number of piperidine rings is 1. The van der Waals surface area contributed by atoms with Gasteiger partial charge in [-0.05, 0) is 68.6 Å². The Morgan fingerprint density at radius 2 is 2.04 bits per heavy atom. The van der Waals surface area contributed by atoms with Gasteiger partial charge in [0.05, 0.1) is 5.56 Å². The lowest BCUT2D eigenvalue weighted by Gasteiger charge is -2.22. The molecule has 2 amide bonds. The fourth-order valence-electron chi connectivity index (χ4n) is 3.10.